The second kappa shape index (κ2) is 5.83. The van der Waals surface area contributed by atoms with Gasteiger partial charge in [0.1, 0.15) is 0 Å². The average molecular weight is 287 g/mol. The molecule has 1 heterocycles. The van der Waals surface area contributed by atoms with Crippen molar-refractivity contribution < 1.29 is 23.1 Å². The van der Waals surface area contributed by atoms with Crippen molar-refractivity contribution in [3.8, 4) is 0 Å². The van der Waals surface area contributed by atoms with Crippen LogP contribution in [0.5, 0.6) is 0 Å². The van der Waals surface area contributed by atoms with Crippen molar-refractivity contribution in [2.45, 2.75) is 25.6 Å². The van der Waals surface area contributed by atoms with E-state index in [0.29, 0.717) is 19.5 Å². The Hall–Kier alpha value is -1.56. The van der Waals surface area contributed by atoms with Crippen LogP contribution < -0.4 is 0 Å². The van der Waals surface area contributed by atoms with E-state index >= 15 is 0 Å². The number of hydrogen-bond acceptors (Lipinski definition) is 2. The fraction of sp³-hybridized carbons (Fsp3) is 0.500. The number of alkyl halides is 3. The first-order chi connectivity index (χ1) is 9.36. The third-order valence-electron chi connectivity index (χ3n) is 3.54. The van der Waals surface area contributed by atoms with E-state index in [4.69, 9.17) is 5.11 Å². The van der Waals surface area contributed by atoms with Gasteiger partial charge in [0.05, 0.1) is 11.5 Å². The molecule has 0 saturated carbocycles. The molecule has 2 rings (SSSR count). The van der Waals surface area contributed by atoms with Crippen LogP contribution in [0.1, 0.15) is 24.0 Å². The van der Waals surface area contributed by atoms with E-state index in [2.05, 4.69) is 0 Å². The zero-order valence-corrected chi connectivity index (χ0v) is 10.9. The SMILES string of the molecule is O=C(O)C1CCCN(Cc2ccc(C(F)(F)F)cc2)C1. The molecular weight excluding hydrogens is 271 g/mol. The Labute approximate surface area is 115 Å². The molecule has 1 aliphatic rings. The lowest BCUT2D eigenvalue weighted by atomic mass is 9.98. The molecule has 1 unspecified atom stereocenters. The summed E-state index contributed by atoms with van der Waals surface area (Å²) >= 11 is 0. The maximum absolute atomic E-state index is 12.4. The second-order valence-electron chi connectivity index (χ2n) is 5.11. The predicted molar refractivity (Wildman–Crippen MR) is 67.1 cm³/mol. The first-order valence-corrected chi connectivity index (χ1v) is 6.47. The summed E-state index contributed by atoms with van der Waals surface area (Å²) in [5.41, 5.74) is 0.104. The fourth-order valence-corrected chi connectivity index (χ4v) is 2.46. The van der Waals surface area contributed by atoms with Crippen LogP contribution in [0.3, 0.4) is 0 Å². The van der Waals surface area contributed by atoms with Gasteiger partial charge < -0.3 is 5.11 Å². The Morgan fingerprint density at radius 3 is 2.50 bits per heavy atom. The van der Waals surface area contributed by atoms with E-state index in [-0.39, 0.29) is 5.92 Å². The number of halogens is 3. The molecule has 1 aliphatic heterocycles. The molecule has 6 heteroatoms. The topological polar surface area (TPSA) is 40.5 Å². The molecule has 110 valence electrons. The number of likely N-dealkylation sites (tertiary alicyclic amines) is 1. The van der Waals surface area contributed by atoms with Crippen molar-refractivity contribution in [3.63, 3.8) is 0 Å². The normalized spacial score (nSPS) is 20.9. The van der Waals surface area contributed by atoms with Crippen molar-refractivity contribution in [3.05, 3.63) is 35.4 Å². The second-order valence-corrected chi connectivity index (χ2v) is 5.11. The van der Waals surface area contributed by atoms with Gasteiger partial charge in [0.15, 0.2) is 0 Å². The predicted octanol–water partition coefficient (Wildman–Crippen LogP) is 3.00. The van der Waals surface area contributed by atoms with Gasteiger partial charge in [-0.2, -0.15) is 13.2 Å². The van der Waals surface area contributed by atoms with E-state index in [0.717, 1.165) is 30.7 Å². The highest BCUT2D eigenvalue weighted by molar-refractivity contribution is 5.70. The smallest absolute Gasteiger partial charge is 0.416 e. The monoisotopic (exact) mass is 287 g/mol. The lowest BCUT2D eigenvalue weighted by molar-refractivity contribution is -0.143. The fourth-order valence-electron chi connectivity index (χ4n) is 2.46. The number of piperidine rings is 1. The van der Waals surface area contributed by atoms with Crippen LogP contribution in [0.2, 0.25) is 0 Å². The standard InChI is InChI=1S/C14H16F3NO2/c15-14(16,17)12-5-3-10(4-6-12)8-18-7-1-2-11(9-18)13(19)20/h3-6,11H,1-2,7-9H2,(H,19,20). The first-order valence-electron chi connectivity index (χ1n) is 6.47. The molecule has 0 radical (unpaired) electrons. The van der Waals surface area contributed by atoms with Gasteiger partial charge in [0, 0.05) is 13.1 Å². The average Bonchev–Trinajstić information content (AvgIpc) is 2.38. The van der Waals surface area contributed by atoms with Crippen LogP contribution in [0.15, 0.2) is 24.3 Å². The van der Waals surface area contributed by atoms with Crippen molar-refractivity contribution in [1.82, 2.24) is 4.90 Å². The van der Waals surface area contributed by atoms with Gasteiger partial charge in [0.2, 0.25) is 0 Å². The van der Waals surface area contributed by atoms with Gasteiger partial charge >= 0.3 is 12.1 Å². The molecule has 0 aliphatic carbocycles. The van der Waals surface area contributed by atoms with Crippen molar-refractivity contribution in [2.24, 2.45) is 5.92 Å². The number of hydrogen-bond donors (Lipinski definition) is 1. The van der Waals surface area contributed by atoms with E-state index in [1.54, 1.807) is 0 Å². The minimum absolute atomic E-state index is 0.377. The molecular formula is C14H16F3NO2. The summed E-state index contributed by atoms with van der Waals surface area (Å²) in [6, 6.07) is 5.03. The highest BCUT2D eigenvalue weighted by Crippen LogP contribution is 2.29. The number of benzene rings is 1. The molecule has 0 amide bonds. The summed E-state index contributed by atoms with van der Waals surface area (Å²) < 4.78 is 37.3. The highest BCUT2D eigenvalue weighted by atomic mass is 19.4. The molecule has 1 aromatic carbocycles. The lowest BCUT2D eigenvalue weighted by Crippen LogP contribution is -2.38. The van der Waals surface area contributed by atoms with E-state index in [1.165, 1.54) is 12.1 Å². The molecule has 1 aromatic rings. The molecule has 3 nitrogen and oxygen atoms in total. The maximum atomic E-state index is 12.4. The minimum Gasteiger partial charge on any atom is -0.481 e. The highest BCUT2D eigenvalue weighted by Gasteiger charge is 2.30. The van der Waals surface area contributed by atoms with Crippen LogP contribution in [-0.2, 0) is 17.5 Å². The molecule has 0 aromatic heterocycles. The third kappa shape index (κ3) is 3.72. The van der Waals surface area contributed by atoms with E-state index < -0.39 is 17.7 Å². The van der Waals surface area contributed by atoms with E-state index in [9.17, 15) is 18.0 Å². The molecule has 1 fully saturated rings. The molecule has 1 saturated heterocycles. The van der Waals surface area contributed by atoms with Crippen LogP contribution in [0, 0.1) is 5.92 Å². The van der Waals surface area contributed by atoms with Crippen molar-refractivity contribution >= 4 is 5.97 Å². The Bertz CT molecular complexity index is 470. The summed E-state index contributed by atoms with van der Waals surface area (Å²) in [6.07, 6.45) is -2.85. The minimum atomic E-state index is -4.32. The zero-order valence-electron chi connectivity index (χ0n) is 10.9. The van der Waals surface area contributed by atoms with Crippen molar-refractivity contribution in [1.29, 1.82) is 0 Å². The largest absolute Gasteiger partial charge is 0.481 e. The van der Waals surface area contributed by atoms with Crippen LogP contribution >= 0.6 is 0 Å². The van der Waals surface area contributed by atoms with Gasteiger partial charge in [-0.15, -0.1) is 0 Å². The Morgan fingerprint density at radius 2 is 1.95 bits per heavy atom. The summed E-state index contributed by atoms with van der Waals surface area (Å²) in [5, 5.41) is 9.00. The van der Waals surface area contributed by atoms with Crippen LogP contribution in [0.25, 0.3) is 0 Å². The Kier molecular flexibility index (Phi) is 4.32. The van der Waals surface area contributed by atoms with Gasteiger partial charge in [-0.3, -0.25) is 9.69 Å². The van der Waals surface area contributed by atoms with Gasteiger partial charge in [-0.25, -0.2) is 0 Å². The number of carboxylic acids is 1. The molecule has 0 bridgehead atoms. The number of nitrogens with zero attached hydrogens (tertiary/aromatic N) is 1. The van der Waals surface area contributed by atoms with Gasteiger partial charge in [-0.1, -0.05) is 12.1 Å². The van der Waals surface area contributed by atoms with Crippen LogP contribution in [-0.4, -0.2) is 29.1 Å². The Balaban J connectivity index is 1.98. The molecule has 1 atom stereocenters. The lowest BCUT2D eigenvalue weighted by Gasteiger charge is -2.30. The van der Waals surface area contributed by atoms with E-state index in [1.807, 2.05) is 4.90 Å². The Morgan fingerprint density at radius 1 is 1.30 bits per heavy atom. The first kappa shape index (κ1) is 14.8. The summed E-state index contributed by atoms with van der Waals surface area (Å²) in [7, 11) is 0. The van der Waals surface area contributed by atoms with Gasteiger partial charge in [0.25, 0.3) is 0 Å². The van der Waals surface area contributed by atoms with Crippen molar-refractivity contribution in [2.75, 3.05) is 13.1 Å². The molecule has 1 N–H and O–H groups in total. The zero-order chi connectivity index (χ0) is 14.8. The summed E-state index contributed by atoms with van der Waals surface area (Å²) in [4.78, 5) is 12.9. The molecule has 0 spiro atoms. The number of carbonyl (C=O) groups is 1. The number of carboxylic acid groups (broad SMARTS) is 1. The number of aliphatic carboxylic acids is 1. The van der Waals surface area contributed by atoms with Crippen LogP contribution in [0.4, 0.5) is 13.2 Å². The van der Waals surface area contributed by atoms with Gasteiger partial charge in [-0.05, 0) is 37.1 Å². The number of rotatable bonds is 3. The third-order valence-corrected chi connectivity index (χ3v) is 3.54. The summed E-state index contributed by atoms with van der Waals surface area (Å²) in [5.74, 6) is -1.18. The quantitative estimate of drug-likeness (QED) is 0.929. The molecule has 20 heavy (non-hydrogen) atoms. The summed E-state index contributed by atoms with van der Waals surface area (Å²) in [6.45, 7) is 1.73. The maximum Gasteiger partial charge on any atom is 0.416 e.